The molecule has 0 saturated heterocycles. The molecule has 0 aliphatic rings. The summed E-state index contributed by atoms with van der Waals surface area (Å²) in [5.74, 6) is 1.89. The van der Waals surface area contributed by atoms with Crippen molar-refractivity contribution in [2.75, 3.05) is 33.4 Å². The maximum Gasteiger partial charge on any atom is 0.190 e. The van der Waals surface area contributed by atoms with E-state index in [-0.39, 0.29) is 24.0 Å². The summed E-state index contributed by atoms with van der Waals surface area (Å²) in [6, 6.07) is 10.4. The van der Waals surface area contributed by atoms with Crippen LogP contribution >= 0.6 is 24.0 Å². The first kappa shape index (κ1) is 22.4. The van der Waals surface area contributed by atoms with Crippen molar-refractivity contribution in [3.8, 4) is 0 Å². The lowest BCUT2D eigenvalue weighted by Gasteiger charge is -2.12. The number of imidazole rings is 1. The third-order valence-corrected chi connectivity index (χ3v) is 3.82. The highest BCUT2D eigenvalue weighted by molar-refractivity contribution is 14.0. The van der Waals surface area contributed by atoms with Crippen LogP contribution in [-0.2, 0) is 17.7 Å². The Hall–Kier alpha value is -1.61. The first-order valence-corrected chi connectivity index (χ1v) is 8.89. The van der Waals surface area contributed by atoms with Gasteiger partial charge in [0.25, 0.3) is 0 Å². The van der Waals surface area contributed by atoms with Crippen LogP contribution in [0, 0.1) is 0 Å². The van der Waals surface area contributed by atoms with Gasteiger partial charge in [0.2, 0.25) is 0 Å². The van der Waals surface area contributed by atoms with Crippen LogP contribution in [0.1, 0.15) is 24.7 Å². The smallest absolute Gasteiger partial charge is 0.190 e. The quantitative estimate of drug-likeness (QED) is 0.242. The number of rotatable bonds is 10. The number of guanidine groups is 1. The molecule has 0 amide bonds. The van der Waals surface area contributed by atoms with Gasteiger partial charge in [0.1, 0.15) is 5.82 Å². The van der Waals surface area contributed by atoms with Crippen molar-refractivity contribution in [3.63, 3.8) is 0 Å². The predicted octanol–water partition coefficient (Wildman–Crippen LogP) is 2.68. The van der Waals surface area contributed by atoms with Gasteiger partial charge >= 0.3 is 0 Å². The largest absolute Gasteiger partial charge is 0.382 e. The van der Waals surface area contributed by atoms with Crippen molar-refractivity contribution in [2.24, 2.45) is 4.99 Å². The summed E-state index contributed by atoms with van der Waals surface area (Å²) in [5.41, 5.74) is 1.28. The summed E-state index contributed by atoms with van der Waals surface area (Å²) >= 11 is 0. The van der Waals surface area contributed by atoms with Crippen molar-refractivity contribution in [1.29, 1.82) is 0 Å². The van der Waals surface area contributed by atoms with E-state index < -0.39 is 0 Å². The first-order valence-electron chi connectivity index (χ1n) is 8.89. The Labute approximate surface area is 173 Å². The minimum absolute atomic E-state index is 0. The topological polar surface area (TPSA) is 63.5 Å². The van der Waals surface area contributed by atoms with E-state index in [2.05, 4.69) is 49.4 Å². The fraction of sp³-hybridized carbons (Fsp3) is 0.474. The fourth-order valence-corrected chi connectivity index (χ4v) is 2.53. The molecule has 6 nitrogen and oxygen atoms in total. The molecule has 144 valence electrons. The number of ether oxygens (including phenoxy) is 1. The average molecular weight is 471 g/mol. The molecule has 7 heteroatoms. The van der Waals surface area contributed by atoms with E-state index >= 15 is 0 Å². The van der Waals surface area contributed by atoms with Crippen molar-refractivity contribution in [2.45, 2.75) is 26.3 Å². The second kappa shape index (κ2) is 13.6. The van der Waals surface area contributed by atoms with Crippen LogP contribution in [0.4, 0.5) is 0 Å². The summed E-state index contributed by atoms with van der Waals surface area (Å²) < 4.78 is 7.52. The highest BCUT2D eigenvalue weighted by Crippen LogP contribution is 2.05. The van der Waals surface area contributed by atoms with E-state index in [9.17, 15) is 0 Å². The van der Waals surface area contributed by atoms with Crippen molar-refractivity contribution >= 4 is 29.9 Å². The minimum atomic E-state index is 0. The number of aliphatic imine (C=N–C) groups is 1. The zero-order chi connectivity index (χ0) is 17.7. The van der Waals surface area contributed by atoms with Gasteiger partial charge in [0.05, 0.1) is 0 Å². The molecule has 1 aromatic heterocycles. The summed E-state index contributed by atoms with van der Waals surface area (Å²) in [5, 5.41) is 6.63. The number of nitrogens with one attached hydrogen (secondary N) is 2. The molecule has 0 bridgehead atoms. The third-order valence-electron chi connectivity index (χ3n) is 3.82. The average Bonchev–Trinajstić information content (AvgIpc) is 3.08. The lowest BCUT2D eigenvalue weighted by molar-refractivity contribution is 0.145. The van der Waals surface area contributed by atoms with Crippen molar-refractivity contribution in [3.05, 3.63) is 54.1 Å². The molecule has 2 N–H and O–H groups in total. The van der Waals surface area contributed by atoms with Crippen molar-refractivity contribution < 1.29 is 4.74 Å². The Morgan fingerprint density at radius 1 is 1.19 bits per heavy atom. The maximum atomic E-state index is 5.33. The Morgan fingerprint density at radius 2 is 1.96 bits per heavy atom. The van der Waals surface area contributed by atoms with E-state index in [0.717, 1.165) is 57.5 Å². The third kappa shape index (κ3) is 8.18. The molecular formula is C19H30IN5O. The molecule has 0 aliphatic carbocycles. The van der Waals surface area contributed by atoms with Crippen LogP contribution < -0.4 is 10.6 Å². The fourth-order valence-electron chi connectivity index (χ4n) is 2.53. The van der Waals surface area contributed by atoms with Crippen LogP contribution in [0.25, 0.3) is 0 Å². The molecule has 26 heavy (non-hydrogen) atoms. The second-order valence-electron chi connectivity index (χ2n) is 5.68. The summed E-state index contributed by atoms with van der Waals surface area (Å²) in [6.07, 6.45) is 5.71. The number of hydrogen-bond donors (Lipinski definition) is 2. The zero-order valence-corrected chi connectivity index (χ0v) is 18.0. The highest BCUT2D eigenvalue weighted by Gasteiger charge is 2.04. The number of halogens is 1. The van der Waals surface area contributed by atoms with Gasteiger partial charge in [-0.15, -0.1) is 24.0 Å². The molecule has 0 atom stereocenters. The lowest BCUT2D eigenvalue weighted by atomic mass is 10.2. The van der Waals surface area contributed by atoms with E-state index in [1.807, 2.05) is 25.4 Å². The van der Waals surface area contributed by atoms with E-state index in [1.54, 1.807) is 7.05 Å². The molecule has 0 aliphatic heterocycles. The van der Waals surface area contributed by atoms with Crippen LogP contribution in [0.3, 0.4) is 0 Å². The predicted molar refractivity (Wildman–Crippen MR) is 117 cm³/mol. The monoisotopic (exact) mass is 471 g/mol. The Balaban J connectivity index is 0.00000338. The van der Waals surface area contributed by atoms with Gasteiger partial charge in [-0.2, -0.15) is 0 Å². The Bertz CT molecular complexity index is 630. The molecule has 0 radical (unpaired) electrons. The molecule has 1 heterocycles. The van der Waals surface area contributed by atoms with Crippen molar-refractivity contribution in [1.82, 2.24) is 20.2 Å². The van der Waals surface area contributed by atoms with Crippen LogP contribution in [-0.4, -0.2) is 48.9 Å². The number of hydrogen-bond acceptors (Lipinski definition) is 3. The molecule has 2 rings (SSSR count). The summed E-state index contributed by atoms with van der Waals surface area (Å²) in [4.78, 5) is 8.72. The molecular weight excluding hydrogens is 441 g/mol. The molecule has 0 saturated carbocycles. The van der Waals surface area contributed by atoms with E-state index in [4.69, 9.17) is 4.74 Å². The lowest BCUT2D eigenvalue weighted by Crippen LogP contribution is -2.39. The second-order valence-corrected chi connectivity index (χ2v) is 5.68. The van der Waals surface area contributed by atoms with Crippen LogP contribution in [0.15, 0.2) is 47.7 Å². The molecule has 1 aromatic carbocycles. The summed E-state index contributed by atoms with van der Waals surface area (Å²) in [6.45, 7) is 6.04. The highest BCUT2D eigenvalue weighted by atomic mass is 127. The van der Waals surface area contributed by atoms with E-state index in [0.29, 0.717) is 0 Å². The molecule has 0 unspecified atom stereocenters. The van der Waals surface area contributed by atoms with Gasteiger partial charge in [-0.3, -0.25) is 4.99 Å². The van der Waals surface area contributed by atoms with Gasteiger partial charge < -0.3 is 19.9 Å². The Morgan fingerprint density at radius 3 is 2.69 bits per heavy atom. The van der Waals surface area contributed by atoms with Gasteiger partial charge in [0, 0.05) is 58.7 Å². The molecule has 0 fully saturated rings. The SMILES string of the molecule is CCOCCCNC(=NC)NCCc1nccn1Cc1ccccc1.I. The first-order chi connectivity index (χ1) is 12.3. The number of nitrogens with zero attached hydrogens (tertiary/aromatic N) is 3. The van der Waals surface area contributed by atoms with Gasteiger partial charge in [-0.05, 0) is 18.9 Å². The van der Waals surface area contributed by atoms with Gasteiger partial charge in [0.15, 0.2) is 5.96 Å². The number of benzene rings is 1. The van der Waals surface area contributed by atoms with Gasteiger partial charge in [-0.25, -0.2) is 4.98 Å². The standard InChI is InChI=1S/C19H29N5O.HI/c1-3-25-15-7-11-22-19(20-2)23-12-10-18-21-13-14-24(18)16-17-8-5-4-6-9-17;/h4-6,8-9,13-14H,3,7,10-12,15-16H2,1-2H3,(H2,20,22,23);1H. The van der Waals surface area contributed by atoms with Crippen LogP contribution in [0.2, 0.25) is 0 Å². The van der Waals surface area contributed by atoms with E-state index in [1.165, 1.54) is 5.56 Å². The van der Waals surface area contributed by atoms with Gasteiger partial charge in [-0.1, -0.05) is 30.3 Å². The number of aromatic nitrogens is 2. The van der Waals surface area contributed by atoms with Crippen LogP contribution in [0.5, 0.6) is 0 Å². The maximum absolute atomic E-state index is 5.33. The molecule has 0 spiro atoms. The normalized spacial score (nSPS) is 11.1. The zero-order valence-electron chi connectivity index (χ0n) is 15.6. The molecule has 2 aromatic rings. The summed E-state index contributed by atoms with van der Waals surface area (Å²) in [7, 11) is 1.79. The minimum Gasteiger partial charge on any atom is -0.382 e. The Kier molecular flexibility index (Phi) is 11.7.